The molecular weight excluding hydrogens is 412 g/mol. The highest BCUT2D eigenvalue weighted by Crippen LogP contribution is 2.30. The Morgan fingerprint density at radius 2 is 1.61 bits per heavy atom. The smallest absolute Gasteiger partial charge is 0.317 e. The van der Waals surface area contributed by atoms with Crippen LogP contribution >= 0.6 is 0 Å². The number of hydrogen-bond acceptors (Lipinski definition) is 3. The van der Waals surface area contributed by atoms with Crippen LogP contribution in [0.15, 0.2) is 85.1 Å². The van der Waals surface area contributed by atoms with Gasteiger partial charge in [-0.05, 0) is 29.7 Å². The molecule has 3 aromatic rings. The molecule has 1 aliphatic heterocycles. The number of amides is 3. The van der Waals surface area contributed by atoms with Crippen LogP contribution in [0.1, 0.15) is 29.2 Å². The van der Waals surface area contributed by atoms with Gasteiger partial charge in [0.15, 0.2) is 0 Å². The van der Waals surface area contributed by atoms with Gasteiger partial charge in [-0.2, -0.15) is 0 Å². The quantitative estimate of drug-likeness (QED) is 0.585. The number of benzene rings is 2. The van der Waals surface area contributed by atoms with Gasteiger partial charge in [0.25, 0.3) is 0 Å². The van der Waals surface area contributed by atoms with Crippen molar-refractivity contribution in [3.05, 3.63) is 102 Å². The van der Waals surface area contributed by atoms with E-state index in [9.17, 15) is 9.59 Å². The first-order valence-corrected chi connectivity index (χ1v) is 11.5. The number of rotatable bonds is 7. The first-order chi connectivity index (χ1) is 16.2. The molecule has 2 unspecified atom stereocenters. The van der Waals surface area contributed by atoms with E-state index in [0.717, 1.165) is 23.2 Å². The number of aromatic nitrogens is 1. The lowest BCUT2D eigenvalue weighted by Gasteiger charge is -2.37. The Morgan fingerprint density at radius 1 is 0.879 bits per heavy atom. The summed E-state index contributed by atoms with van der Waals surface area (Å²) in [6, 6.07) is 25.6. The summed E-state index contributed by atoms with van der Waals surface area (Å²) in [7, 11) is 0. The van der Waals surface area contributed by atoms with Crippen LogP contribution in [0.3, 0.4) is 0 Å². The van der Waals surface area contributed by atoms with E-state index in [4.69, 9.17) is 0 Å². The summed E-state index contributed by atoms with van der Waals surface area (Å²) in [6.45, 7) is 2.01. The molecule has 3 amide bonds. The van der Waals surface area contributed by atoms with Gasteiger partial charge >= 0.3 is 6.03 Å². The molecule has 0 spiro atoms. The maximum Gasteiger partial charge on any atom is 0.317 e. The van der Waals surface area contributed by atoms with Crippen molar-refractivity contribution in [2.75, 3.05) is 19.6 Å². The molecule has 2 heterocycles. The van der Waals surface area contributed by atoms with E-state index >= 15 is 0 Å². The minimum atomic E-state index is -0.254. The fourth-order valence-corrected chi connectivity index (χ4v) is 4.31. The van der Waals surface area contributed by atoms with Crippen LogP contribution in [0, 0.1) is 5.92 Å². The number of carbonyl (C=O) groups excluding carboxylic acids is 2. The average molecular weight is 443 g/mol. The fourth-order valence-electron chi connectivity index (χ4n) is 4.31. The lowest BCUT2D eigenvalue weighted by atomic mass is 9.84. The van der Waals surface area contributed by atoms with Gasteiger partial charge in [0, 0.05) is 50.4 Å². The molecular formula is C27H30N4O2. The molecule has 1 aromatic heterocycles. The Kier molecular flexibility index (Phi) is 7.69. The van der Waals surface area contributed by atoms with Gasteiger partial charge in [-0.15, -0.1) is 0 Å². The molecule has 4 rings (SSSR count). The molecule has 0 bridgehead atoms. The second-order valence-corrected chi connectivity index (χ2v) is 8.45. The summed E-state index contributed by atoms with van der Waals surface area (Å²) in [5.41, 5.74) is 3.15. The van der Waals surface area contributed by atoms with Gasteiger partial charge in [0.1, 0.15) is 0 Å². The topological polar surface area (TPSA) is 74.3 Å². The van der Waals surface area contributed by atoms with E-state index in [-0.39, 0.29) is 23.8 Å². The Balaban J connectivity index is 1.39. The number of carbonyl (C=O) groups is 2. The molecule has 0 aliphatic carbocycles. The third kappa shape index (κ3) is 6.42. The number of nitrogens with zero attached hydrogens (tertiary/aromatic N) is 2. The third-order valence-corrected chi connectivity index (χ3v) is 6.07. The fraction of sp³-hybridized carbons (Fsp3) is 0.296. The summed E-state index contributed by atoms with van der Waals surface area (Å²) < 4.78 is 0. The Hall–Kier alpha value is -3.67. The number of likely N-dealkylation sites (tertiary alicyclic amines) is 1. The summed E-state index contributed by atoms with van der Waals surface area (Å²) in [6.07, 6.45) is 3.17. The van der Waals surface area contributed by atoms with Crippen molar-refractivity contribution in [2.24, 2.45) is 5.92 Å². The van der Waals surface area contributed by atoms with E-state index in [2.05, 4.69) is 27.8 Å². The van der Waals surface area contributed by atoms with Gasteiger partial charge in [-0.25, -0.2) is 4.79 Å². The zero-order valence-electron chi connectivity index (χ0n) is 18.7. The SMILES string of the molecule is O=C(NCCc1ccccn1)C1CC(c2ccccc2)CN(C(=O)NCc2ccccc2)C1. The lowest BCUT2D eigenvalue weighted by Crippen LogP contribution is -2.51. The third-order valence-electron chi connectivity index (χ3n) is 6.07. The molecule has 1 fully saturated rings. The summed E-state index contributed by atoms with van der Waals surface area (Å²) in [5, 5.41) is 6.06. The molecule has 33 heavy (non-hydrogen) atoms. The second kappa shape index (κ2) is 11.3. The zero-order valence-corrected chi connectivity index (χ0v) is 18.7. The molecule has 170 valence electrons. The lowest BCUT2D eigenvalue weighted by molar-refractivity contribution is -0.126. The first-order valence-electron chi connectivity index (χ1n) is 11.5. The van der Waals surface area contributed by atoms with E-state index in [1.165, 1.54) is 0 Å². The molecule has 2 aromatic carbocycles. The molecule has 1 aliphatic rings. The second-order valence-electron chi connectivity index (χ2n) is 8.45. The van der Waals surface area contributed by atoms with Crippen molar-refractivity contribution in [1.29, 1.82) is 0 Å². The zero-order chi connectivity index (χ0) is 22.9. The summed E-state index contributed by atoms with van der Waals surface area (Å²) >= 11 is 0. The Bertz CT molecular complexity index is 1030. The summed E-state index contributed by atoms with van der Waals surface area (Å²) in [5.74, 6) is -0.142. The highest BCUT2D eigenvalue weighted by molar-refractivity contribution is 5.81. The largest absolute Gasteiger partial charge is 0.355 e. The maximum atomic E-state index is 13.0. The standard InChI is InChI=1S/C27H30N4O2/c32-26(29-16-14-25-13-7-8-15-28-25)24-17-23(22-11-5-2-6-12-22)19-31(20-24)27(33)30-18-21-9-3-1-4-10-21/h1-13,15,23-24H,14,16-20H2,(H,29,32)(H,30,33). The molecule has 0 radical (unpaired) electrons. The monoisotopic (exact) mass is 442 g/mol. The maximum absolute atomic E-state index is 13.0. The Morgan fingerprint density at radius 3 is 2.33 bits per heavy atom. The minimum absolute atomic E-state index is 0.00702. The van der Waals surface area contributed by atoms with E-state index in [1.807, 2.05) is 66.7 Å². The van der Waals surface area contributed by atoms with E-state index in [0.29, 0.717) is 32.6 Å². The number of piperidine rings is 1. The highest BCUT2D eigenvalue weighted by Gasteiger charge is 2.34. The van der Waals surface area contributed by atoms with Gasteiger partial charge in [-0.1, -0.05) is 66.7 Å². The predicted molar refractivity (Wildman–Crippen MR) is 128 cm³/mol. The van der Waals surface area contributed by atoms with Crippen LogP contribution in [0.25, 0.3) is 0 Å². The molecule has 0 saturated carbocycles. The van der Waals surface area contributed by atoms with Crippen molar-refractivity contribution in [2.45, 2.75) is 25.3 Å². The van der Waals surface area contributed by atoms with Crippen molar-refractivity contribution in [1.82, 2.24) is 20.5 Å². The molecule has 2 atom stereocenters. The number of hydrogen-bond donors (Lipinski definition) is 2. The average Bonchev–Trinajstić information content (AvgIpc) is 2.88. The number of pyridine rings is 1. The van der Waals surface area contributed by atoms with Gasteiger partial charge < -0.3 is 15.5 Å². The first kappa shape index (κ1) is 22.5. The van der Waals surface area contributed by atoms with Crippen LogP contribution in [-0.2, 0) is 17.8 Å². The number of urea groups is 1. The predicted octanol–water partition coefficient (Wildman–Crippen LogP) is 3.76. The highest BCUT2D eigenvalue weighted by atomic mass is 16.2. The molecule has 2 N–H and O–H groups in total. The van der Waals surface area contributed by atoms with Gasteiger partial charge in [0.2, 0.25) is 5.91 Å². The van der Waals surface area contributed by atoms with Gasteiger partial charge in [0.05, 0.1) is 5.92 Å². The van der Waals surface area contributed by atoms with Gasteiger partial charge in [-0.3, -0.25) is 9.78 Å². The Labute approximate surface area is 195 Å². The van der Waals surface area contributed by atoms with Crippen molar-refractivity contribution >= 4 is 11.9 Å². The minimum Gasteiger partial charge on any atom is -0.355 e. The van der Waals surface area contributed by atoms with Crippen molar-refractivity contribution < 1.29 is 9.59 Å². The molecule has 6 heteroatoms. The van der Waals surface area contributed by atoms with E-state index < -0.39 is 0 Å². The van der Waals surface area contributed by atoms with Crippen molar-refractivity contribution in [3.8, 4) is 0 Å². The number of nitrogens with one attached hydrogen (secondary N) is 2. The van der Waals surface area contributed by atoms with Crippen LogP contribution in [0.4, 0.5) is 4.79 Å². The normalized spacial score (nSPS) is 17.9. The van der Waals surface area contributed by atoms with Crippen LogP contribution in [-0.4, -0.2) is 41.5 Å². The molecule has 1 saturated heterocycles. The van der Waals surface area contributed by atoms with Crippen LogP contribution < -0.4 is 10.6 Å². The van der Waals surface area contributed by atoms with Crippen LogP contribution in [0.2, 0.25) is 0 Å². The molecule has 6 nitrogen and oxygen atoms in total. The van der Waals surface area contributed by atoms with Crippen LogP contribution in [0.5, 0.6) is 0 Å². The van der Waals surface area contributed by atoms with E-state index in [1.54, 1.807) is 11.1 Å². The summed E-state index contributed by atoms with van der Waals surface area (Å²) in [4.78, 5) is 32.1. The van der Waals surface area contributed by atoms with Crippen molar-refractivity contribution in [3.63, 3.8) is 0 Å².